The number of hydrogen-bond donors (Lipinski definition) is 4. The molecule has 0 spiro atoms. The summed E-state index contributed by atoms with van der Waals surface area (Å²) in [6.07, 6.45) is 3.50. The fourth-order valence-electron chi connectivity index (χ4n) is 3.88. The number of nitrogens with zero attached hydrogens (tertiary/aromatic N) is 4. The maximum atomic E-state index is 10.1. The summed E-state index contributed by atoms with van der Waals surface area (Å²) in [6, 6.07) is 12.9. The number of nitrogen functional groups attached to an aromatic ring is 1. The van der Waals surface area contributed by atoms with Gasteiger partial charge in [0, 0.05) is 30.0 Å². The fraction of sp³-hybridized carbons (Fsp3) is 0.261. The average molecular weight is 416 g/mol. The smallest absolute Gasteiger partial charge is 0.169 e. The molecule has 6 N–H and O–H groups in total. The summed E-state index contributed by atoms with van der Waals surface area (Å²) in [5.74, 6) is 6.32. The van der Waals surface area contributed by atoms with Crippen molar-refractivity contribution in [3.05, 3.63) is 54.4 Å². The zero-order valence-corrected chi connectivity index (χ0v) is 17.3. The predicted octanol–water partition coefficient (Wildman–Crippen LogP) is 2.56. The van der Waals surface area contributed by atoms with Crippen LogP contribution >= 0.6 is 0 Å². The van der Waals surface area contributed by atoms with Gasteiger partial charge in [-0.15, -0.1) is 10.2 Å². The molecule has 2 atom stereocenters. The predicted molar refractivity (Wildman–Crippen MR) is 122 cm³/mol. The molecule has 8 nitrogen and oxygen atoms in total. The third kappa shape index (κ3) is 4.37. The highest BCUT2D eigenvalue weighted by molar-refractivity contribution is 5.73. The number of pyridine rings is 1. The molecular formula is C23H25N7O. The van der Waals surface area contributed by atoms with Gasteiger partial charge in [0.15, 0.2) is 5.82 Å². The van der Waals surface area contributed by atoms with Gasteiger partial charge in [-0.1, -0.05) is 18.1 Å². The SMILES string of the molecule is CC#Cc1cc(N2C(N)CCC2CNc2cc(-c3ccccc3O)nnc2N)ccn1. The Balaban J connectivity index is 1.54. The normalized spacial score (nSPS) is 17.8. The molecule has 1 aliphatic heterocycles. The first-order valence-corrected chi connectivity index (χ1v) is 10.1. The van der Waals surface area contributed by atoms with Gasteiger partial charge in [-0.25, -0.2) is 4.98 Å². The van der Waals surface area contributed by atoms with E-state index < -0.39 is 0 Å². The van der Waals surface area contributed by atoms with E-state index in [9.17, 15) is 5.11 Å². The molecule has 0 aliphatic carbocycles. The van der Waals surface area contributed by atoms with Crippen molar-refractivity contribution in [2.45, 2.75) is 32.0 Å². The van der Waals surface area contributed by atoms with Gasteiger partial charge in [-0.3, -0.25) is 0 Å². The van der Waals surface area contributed by atoms with Crippen molar-refractivity contribution in [3.63, 3.8) is 0 Å². The quantitative estimate of drug-likeness (QED) is 0.469. The third-order valence-corrected chi connectivity index (χ3v) is 5.37. The van der Waals surface area contributed by atoms with Crippen molar-refractivity contribution >= 4 is 17.2 Å². The lowest BCUT2D eigenvalue weighted by molar-refractivity contribution is 0.477. The highest BCUT2D eigenvalue weighted by atomic mass is 16.3. The van der Waals surface area contributed by atoms with Crippen LogP contribution < -0.4 is 21.7 Å². The highest BCUT2D eigenvalue weighted by Gasteiger charge is 2.31. The van der Waals surface area contributed by atoms with Crippen molar-refractivity contribution in [2.24, 2.45) is 5.73 Å². The minimum atomic E-state index is -0.0821. The first kappa shape index (κ1) is 20.4. The first-order valence-electron chi connectivity index (χ1n) is 10.1. The summed E-state index contributed by atoms with van der Waals surface area (Å²) in [6.45, 7) is 2.42. The second kappa shape index (κ2) is 8.90. The van der Waals surface area contributed by atoms with Gasteiger partial charge in [0.25, 0.3) is 0 Å². The van der Waals surface area contributed by atoms with Gasteiger partial charge in [-0.05, 0) is 56.0 Å². The second-order valence-corrected chi connectivity index (χ2v) is 7.41. The minimum absolute atomic E-state index is 0.0821. The molecule has 2 unspecified atom stereocenters. The molecule has 2 aromatic heterocycles. The Kier molecular flexibility index (Phi) is 5.87. The van der Waals surface area contributed by atoms with Gasteiger partial charge in [0.2, 0.25) is 0 Å². The molecule has 3 aromatic rings. The number of rotatable bonds is 5. The number of aromatic hydroxyl groups is 1. The average Bonchev–Trinajstić information content (AvgIpc) is 3.14. The van der Waals surface area contributed by atoms with Gasteiger partial charge in [0.1, 0.15) is 11.4 Å². The van der Waals surface area contributed by atoms with E-state index >= 15 is 0 Å². The number of nitrogens with one attached hydrogen (secondary N) is 1. The number of phenols is 1. The van der Waals surface area contributed by atoms with E-state index in [0.29, 0.717) is 29.3 Å². The van der Waals surface area contributed by atoms with E-state index in [2.05, 4.69) is 37.2 Å². The Morgan fingerprint density at radius 1 is 1.19 bits per heavy atom. The van der Waals surface area contributed by atoms with Crippen LogP contribution in [0.5, 0.6) is 5.75 Å². The summed E-state index contributed by atoms with van der Waals surface area (Å²) in [4.78, 5) is 6.49. The molecule has 0 bridgehead atoms. The van der Waals surface area contributed by atoms with Crippen LogP contribution in [0.15, 0.2) is 48.7 Å². The molecule has 1 aliphatic rings. The van der Waals surface area contributed by atoms with Crippen LogP contribution in [-0.4, -0.2) is 39.0 Å². The molecule has 8 heteroatoms. The van der Waals surface area contributed by atoms with Crippen LogP contribution in [0, 0.1) is 11.8 Å². The van der Waals surface area contributed by atoms with Crippen molar-refractivity contribution in [1.82, 2.24) is 15.2 Å². The topological polar surface area (TPSA) is 126 Å². The number of benzene rings is 1. The Hall–Kier alpha value is -3.83. The van der Waals surface area contributed by atoms with Crippen LogP contribution in [0.4, 0.5) is 17.2 Å². The highest BCUT2D eigenvalue weighted by Crippen LogP contribution is 2.31. The van der Waals surface area contributed by atoms with E-state index in [1.165, 1.54) is 0 Å². The summed E-state index contributed by atoms with van der Waals surface area (Å²) in [5.41, 5.74) is 16.0. The van der Waals surface area contributed by atoms with E-state index in [-0.39, 0.29) is 18.0 Å². The zero-order chi connectivity index (χ0) is 21.8. The van der Waals surface area contributed by atoms with Crippen molar-refractivity contribution in [1.29, 1.82) is 0 Å². The number of para-hydroxylation sites is 1. The van der Waals surface area contributed by atoms with Crippen LogP contribution in [0.25, 0.3) is 11.3 Å². The molecule has 1 fully saturated rings. The molecule has 1 saturated heterocycles. The Labute approximate surface area is 181 Å². The molecule has 3 heterocycles. The molecule has 31 heavy (non-hydrogen) atoms. The summed E-state index contributed by atoms with van der Waals surface area (Å²) < 4.78 is 0. The lowest BCUT2D eigenvalue weighted by Gasteiger charge is -2.31. The van der Waals surface area contributed by atoms with Gasteiger partial charge >= 0.3 is 0 Å². The summed E-state index contributed by atoms with van der Waals surface area (Å²) >= 11 is 0. The molecule has 0 radical (unpaired) electrons. The molecular weight excluding hydrogens is 390 g/mol. The minimum Gasteiger partial charge on any atom is -0.507 e. The Morgan fingerprint density at radius 3 is 2.84 bits per heavy atom. The summed E-state index contributed by atoms with van der Waals surface area (Å²) in [7, 11) is 0. The lowest BCUT2D eigenvalue weighted by atomic mass is 10.1. The number of hydrogen-bond acceptors (Lipinski definition) is 8. The van der Waals surface area contributed by atoms with Crippen molar-refractivity contribution in [3.8, 4) is 28.8 Å². The Morgan fingerprint density at radius 2 is 2.03 bits per heavy atom. The summed E-state index contributed by atoms with van der Waals surface area (Å²) in [5, 5.41) is 21.7. The molecule has 0 saturated carbocycles. The molecule has 158 valence electrons. The van der Waals surface area contributed by atoms with Gasteiger partial charge in [0.05, 0.1) is 17.5 Å². The zero-order valence-electron chi connectivity index (χ0n) is 17.3. The van der Waals surface area contributed by atoms with Crippen LogP contribution in [0.1, 0.15) is 25.5 Å². The maximum Gasteiger partial charge on any atom is 0.169 e. The lowest BCUT2D eigenvalue weighted by Crippen LogP contribution is -2.44. The van der Waals surface area contributed by atoms with Crippen LogP contribution in [-0.2, 0) is 0 Å². The van der Waals surface area contributed by atoms with E-state index in [1.807, 2.05) is 18.2 Å². The molecule has 0 amide bonds. The van der Waals surface area contributed by atoms with E-state index in [1.54, 1.807) is 37.4 Å². The molecule has 4 rings (SSSR count). The largest absolute Gasteiger partial charge is 0.507 e. The standard InChI is InChI=1S/C23H25N7O/c1-2-5-15-12-16(10-11-26-15)30-17(8-9-22(30)24)14-27-20-13-19(28-29-23(20)25)18-6-3-4-7-21(18)31/h3-4,6-7,10-13,17,22,31H,8-9,14,24H2,1H3,(H2,25,29)(H,27,28). The van der Waals surface area contributed by atoms with Crippen LogP contribution in [0.3, 0.4) is 0 Å². The number of anilines is 3. The second-order valence-electron chi connectivity index (χ2n) is 7.41. The third-order valence-electron chi connectivity index (χ3n) is 5.37. The van der Waals surface area contributed by atoms with E-state index in [4.69, 9.17) is 11.5 Å². The monoisotopic (exact) mass is 415 g/mol. The number of phenolic OH excluding ortho intramolecular Hbond substituents is 1. The van der Waals surface area contributed by atoms with Gasteiger partial charge in [-0.2, -0.15) is 0 Å². The van der Waals surface area contributed by atoms with Crippen LogP contribution in [0.2, 0.25) is 0 Å². The van der Waals surface area contributed by atoms with E-state index in [0.717, 1.165) is 24.2 Å². The number of aromatic nitrogens is 3. The van der Waals surface area contributed by atoms with Crippen molar-refractivity contribution in [2.75, 3.05) is 22.5 Å². The van der Waals surface area contributed by atoms with Gasteiger partial charge < -0.3 is 26.8 Å². The maximum absolute atomic E-state index is 10.1. The van der Waals surface area contributed by atoms with Crippen molar-refractivity contribution < 1.29 is 5.11 Å². The molecule has 1 aromatic carbocycles. The first-order chi connectivity index (χ1) is 15.1. The Bertz CT molecular complexity index is 1140. The number of nitrogens with two attached hydrogens (primary N) is 2. The fourth-order valence-corrected chi connectivity index (χ4v) is 3.88.